The molecule has 5 N–H and O–H groups in total. The first-order valence-electron chi connectivity index (χ1n) is 23.2. The zero-order valence-corrected chi connectivity index (χ0v) is 41.7. The minimum absolute atomic E-state index is 0.00370. The number of aliphatic hydroxyl groups excluding tert-OH is 5. The van der Waals surface area contributed by atoms with Gasteiger partial charge in [-0.1, -0.05) is 45.3 Å². The van der Waals surface area contributed by atoms with Crippen LogP contribution in [0.3, 0.4) is 0 Å². The van der Waals surface area contributed by atoms with E-state index < -0.39 is 105 Å². The third-order valence-electron chi connectivity index (χ3n) is 14.7. The summed E-state index contributed by atoms with van der Waals surface area (Å²) in [5.74, 6) is -4.35. The minimum Gasteiger partial charge on any atom is -0.482 e. The molecule has 12 atom stereocenters. The summed E-state index contributed by atoms with van der Waals surface area (Å²) in [6.07, 6.45) is 1.25. The number of benzene rings is 2. The maximum Gasteiger partial charge on any atom is 0.343 e. The van der Waals surface area contributed by atoms with Gasteiger partial charge in [-0.15, -0.1) is 0 Å². The summed E-state index contributed by atoms with van der Waals surface area (Å²) in [7, 11) is 1.25. The molecule has 3 aliphatic carbocycles. The molecule has 2 aromatic carbocycles. The van der Waals surface area contributed by atoms with Crippen LogP contribution >= 0.6 is 15.9 Å². The summed E-state index contributed by atoms with van der Waals surface area (Å²) in [6.45, 7) is 14.3. The van der Waals surface area contributed by atoms with Crippen molar-refractivity contribution in [2.24, 2.45) is 11.8 Å². The summed E-state index contributed by atoms with van der Waals surface area (Å²) >= 11 is 3.80. The van der Waals surface area contributed by atoms with Crippen molar-refractivity contribution in [1.29, 1.82) is 0 Å². The van der Waals surface area contributed by atoms with E-state index in [1.807, 2.05) is 60.6 Å². The highest BCUT2D eigenvalue weighted by molar-refractivity contribution is 9.10. The number of hydrogen-bond donors (Lipinski definition) is 5. The fourth-order valence-corrected chi connectivity index (χ4v) is 12.3. The molecule has 0 aromatic heterocycles. The van der Waals surface area contributed by atoms with Gasteiger partial charge in [0.05, 0.1) is 36.5 Å². The number of alkyl halides is 1. The van der Waals surface area contributed by atoms with Crippen LogP contribution < -0.4 is 18.9 Å². The topological polar surface area (TPSA) is 234 Å². The Morgan fingerprint density at radius 1 is 0.899 bits per heavy atom. The van der Waals surface area contributed by atoms with E-state index in [4.69, 9.17) is 33.2 Å². The van der Waals surface area contributed by atoms with Gasteiger partial charge in [-0.05, 0) is 117 Å². The molecular weight excluding hydrogens is 960 g/mol. The Balaban J connectivity index is 1.30. The van der Waals surface area contributed by atoms with Crippen LogP contribution in [-0.4, -0.2) is 126 Å². The summed E-state index contributed by atoms with van der Waals surface area (Å²) in [4.78, 5) is 58.4. The van der Waals surface area contributed by atoms with Gasteiger partial charge in [-0.25, -0.2) is 9.59 Å². The van der Waals surface area contributed by atoms with Gasteiger partial charge in [0.2, 0.25) is 6.29 Å². The molecule has 2 aromatic rings. The Labute approximate surface area is 409 Å². The summed E-state index contributed by atoms with van der Waals surface area (Å²) < 4.78 is 41.9. The first-order chi connectivity index (χ1) is 32.4. The molecule has 0 amide bonds. The van der Waals surface area contributed by atoms with Gasteiger partial charge >= 0.3 is 11.9 Å². The Morgan fingerprint density at radius 3 is 2.22 bits per heavy atom. The van der Waals surface area contributed by atoms with E-state index in [1.165, 1.54) is 37.5 Å². The quantitative estimate of drug-likeness (QED) is 0.0541. The third-order valence-corrected chi connectivity index (χ3v) is 16.1. The second-order valence-corrected chi connectivity index (χ2v) is 21.5. The van der Waals surface area contributed by atoms with Crippen LogP contribution in [-0.2, 0) is 30.2 Å². The zero-order chi connectivity index (χ0) is 50.3. The van der Waals surface area contributed by atoms with E-state index in [2.05, 4.69) is 22.0 Å². The zero-order valence-electron chi connectivity index (χ0n) is 40.2. The van der Waals surface area contributed by atoms with Crippen LogP contribution in [0.2, 0.25) is 0 Å². The molecule has 372 valence electrons. The minimum atomic E-state index is -2.07. The number of allylic oxidation sites excluding steroid dienone is 4. The van der Waals surface area contributed by atoms with Gasteiger partial charge in [0.15, 0.2) is 32.8 Å². The van der Waals surface area contributed by atoms with Crippen molar-refractivity contribution in [3.8, 4) is 23.0 Å². The van der Waals surface area contributed by atoms with Crippen molar-refractivity contribution < 1.29 is 77.9 Å². The number of rotatable bonds is 13. The lowest BCUT2D eigenvalue weighted by Gasteiger charge is -2.65. The van der Waals surface area contributed by atoms with E-state index in [1.54, 1.807) is 13.0 Å². The number of methoxy groups -OCH3 is 1. The van der Waals surface area contributed by atoms with Gasteiger partial charge in [0.1, 0.15) is 52.8 Å². The molecule has 5 fully saturated rings. The fraction of sp³-hybridized carbons (Fsp3) is 0.538. The molecule has 2 saturated heterocycles. The highest BCUT2D eigenvalue weighted by atomic mass is 79.9. The summed E-state index contributed by atoms with van der Waals surface area (Å²) in [5, 5.41) is 53.1. The van der Waals surface area contributed by atoms with Gasteiger partial charge in [0.25, 0.3) is 0 Å². The molecule has 3 saturated carbocycles. The van der Waals surface area contributed by atoms with E-state index in [0.717, 1.165) is 11.1 Å². The van der Waals surface area contributed by atoms with Crippen LogP contribution in [0.15, 0.2) is 65.3 Å². The number of halogens is 1. The summed E-state index contributed by atoms with van der Waals surface area (Å²) in [6, 6.07) is 5.51. The number of hydrogen-bond acceptors (Lipinski definition) is 16. The molecule has 4 heterocycles. The van der Waals surface area contributed by atoms with E-state index >= 15 is 9.59 Å². The average molecular weight is 1020 g/mol. The van der Waals surface area contributed by atoms with Gasteiger partial charge in [0, 0.05) is 29.4 Å². The molecule has 7 unspecified atom stereocenters. The lowest BCUT2D eigenvalue weighted by molar-refractivity contribution is -0.277. The number of carbonyl (C=O) groups excluding carboxylic acids is 4. The molecule has 17 heteroatoms. The molecule has 4 aliphatic heterocycles. The molecule has 16 nitrogen and oxygen atoms in total. The third kappa shape index (κ3) is 7.91. The van der Waals surface area contributed by atoms with Crippen molar-refractivity contribution in [1.82, 2.24) is 0 Å². The van der Waals surface area contributed by atoms with Crippen molar-refractivity contribution >= 4 is 45.5 Å². The number of esters is 2. The first kappa shape index (κ1) is 50.7. The molecule has 4 bridgehead atoms. The monoisotopic (exact) mass is 1020 g/mol. The van der Waals surface area contributed by atoms with Gasteiger partial charge in [-0.3, -0.25) is 9.59 Å². The van der Waals surface area contributed by atoms with Crippen molar-refractivity contribution in [2.45, 2.75) is 151 Å². The number of ether oxygens (including phenoxy) is 7. The first-order valence-corrected chi connectivity index (χ1v) is 24.0. The lowest BCUT2D eigenvalue weighted by atomic mass is 9.45. The van der Waals surface area contributed by atoms with E-state index in [0.29, 0.717) is 18.4 Å². The summed E-state index contributed by atoms with van der Waals surface area (Å²) in [5.41, 5.74) is -3.06. The largest absolute Gasteiger partial charge is 0.482 e. The highest BCUT2D eigenvalue weighted by Crippen LogP contribution is 2.73. The fourth-order valence-electron chi connectivity index (χ4n) is 11.1. The van der Waals surface area contributed by atoms with Crippen LogP contribution in [0.1, 0.15) is 113 Å². The smallest absolute Gasteiger partial charge is 0.343 e. The van der Waals surface area contributed by atoms with Gasteiger partial charge in [-0.2, -0.15) is 0 Å². The Bertz CT molecular complexity index is 2570. The highest BCUT2D eigenvalue weighted by Gasteiger charge is 2.90. The van der Waals surface area contributed by atoms with E-state index in [-0.39, 0.29) is 64.5 Å². The molecule has 7 aliphatic rings. The predicted molar refractivity (Wildman–Crippen MR) is 252 cm³/mol. The second kappa shape index (κ2) is 18.2. The molecular formula is C52H61BrO16. The number of fused-ring (bicyclic) bond motifs is 2. The van der Waals surface area contributed by atoms with Crippen LogP contribution in [0.5, 0.6) is 23.0 Å². The molecule has 69 heavy (non-hydrogen) atoms. The number of Topliss-reactive ketones (excluding diaryl/α,β-unsaturated/α-hetero) is 2. The average Bonchev–Trinajstić information content (AvgIpc) is 3.44. The van der Waals surface area contributed by atoms with Crippen molar-refractivity contribution in [3.63, 3.8) is 0 Å². The van der Waals surface area contributed by atoms with Crippen LogP contribution in [0.25, 0.3) is 6.08 Å². The Kier molecular flexibility index (Phi) is 13.3. The molecule has 9 rings (SSSR count). The standard InChI is InChI=1S/C52H61BrO16/c1-25(2)11-10-20-49(8)21-19-31-39(67-49)30(17-12-26(3)4)41-35(40(31)66-46(62)28-13-15-29(16-14-28)64-47-38(57)37(56)36(55)33(24-54)65-47)44(60)51(53)43(59)32-23-34-48(6,7)69-50(42(32)58,52(34,51)68-41)22-18-27(5)45(61)63-9/h11-16,18-19,21,32-34,36-38,43,47,54-57,59H,10,17,20,22-24H2,1-9H3/b27-18-/t32?,33-,34?,36-,37+,38-,43?,47-,49?,50?,51?,52?/m1/s1. The van der Waals surface area contributed by atoms with Crippen LogP contribution in [0, 0.1) is 11.8 Å². The van der Waals surface area contributed by atoms with E-state index in [9.17, 15) is 35.1 Å². The number of ketones is 2. The molecule has 1 spiro atoms. The van der Waals surface area contributed by atoms with Crippen molar-refractivity contribution in [3.05, 3.63) is 87.5 Å². The predicted octanol–water partition coefficient (Wildman–Crippen LogP) is 5.59. The lowest BCUT2D eigenvalue weighted by Crippen LogP contribution is -2.86. The maximum absolute atomic E-state index is 16.1. The van der Waals surface area contributed by atoms with Crippen molar-refractivity contribution in [2.75, 3.05) is 13.7 Å². The SMILES string of the molecule is COC(=O)/C(C)=C\CC12OC(C)(C)C3CC(C1=O)C(O)C1(Br)C(=O)c4c(OC(=O)c5ccc(O[C@@H]6O[C@H](CO)[C@@H](O)[C@H](O)[C@H]6O)cc5)c5c(c(CC=C(C)C)c4OC321)OC(C)(CCC=C(C)C)C=C5. The Hall–Kier alpha value is -4.72. The maximum atomic E-state index is 16.1. The normalized spacial score (nSPS) is 34.6. The number of aliphatic hydroxyl groups is 5. The van der Waals surface area contributed by atoms with Crippen LogP contribution in [0.4, 0.5) is 0 Å². The Morgan fingerprint density at radius 2 is 1.58 bits per heavy atom. The molecule has 0 radical (unpaired) electrons. The second-order valence-electron chi connectivity index (χ2n) is 20.2. The number of carbonyl (C=O) groups is 4. The van der Waals surface area contributed by atoms with Gasteiger partial charge < -0.3 is 58.7 Å².